The van der Waals surface area contributed by atoms with Crippen LogP contribution in [0, 0.1) is 0 Å². The average Bonchev–Trinajstić information content (AvgIpc) is 2.59. The lowest BCUT2D eigenvalue weighted by molar-refractivity contribution is 0.390. The summed E-state index contributed by atoms with van der Waals surface area (Å²) in [5, 5.41) is 4.25. The van der Waals surface area contributed by atoms with Crippen molar-refractivity contribution in [3.8, 4) is 5.75 Å². The van der Waals surface area contributed by atoms with Crippen LogP contribution in [-0.4, -0.2) is 16.9 Å². The SMILES string of the molecule is COc1cnn(C(C)C)c1C(C)NN. The summed E-state index contributed by atoms with van der Waals surface area (Å²) < 4.78 is 7.13. The summed E-state index contributed by atoms with van der Waals surface area (Å²) in [5.74, 6) is 6.18. The molecule has 0 aliphatic heterocycles. The molecule has 0 saturated heterocycles. The van der Waals surface area contributed by atoms with E-state index in [1.165, 1.54) is 0 Å². The van der Waals surface area contributed by atoms with E-state index >= 15 is 0 Å². The second kappa shape index (κ2) is 4.43. The highest BCUT2D eigenvalue weighted by Gasteiger charge is 2.18. The van der Waals surface area contributed by atoms with E-state index in [0.717, 1.165) is 11.4 Å². The Hall–Kier alpha value is -1.07. The molecule has 1 unspecified atom stereocenters. The van der Waals surface area contributed by atoms with Gasteiger partial charge in [-0.1, -0.05) is 0 Å². The number of nitrogens with zero attached hydrogens (tertiary/aromatic N) is 2. The maximum atomic E-state index is 5.41. The molecule has 0 aliphatic carbocycles. The number of nitrogens with one attached hydrogen (secondary N) is 1. The zero-order valence-electron chi connectivity index (χ0n) is 9.11. The van der Waals surface area contributed by atoms with E-state index in [9.17, 15) is 0 Å². The topological polar surface area (TPSA) is 65.1 Å². The molecule has 5 heteroatoms. The predicted molar refractivity (Wildman–Crippen MR) is 54.9 cm³/mol. The highest BCUT2D eigenvalue weighted by Crippen LogP contribution is 2.26. The molecule has 0 aromatic carbocycles. The first-order valence-corrected chi connectivity index (χ1v) is 4.69. The van der Waals surface area contributed by atoms with Gasteiger partial charge in [0.2, 0.25) is 0 Å². The minimum atomic E-state index is 0.0230. The summed E-state index contributed by atoms with van der Waals surface area (Å²) in [7, 11) is 1.63. The van der Waals surface area contributed by atoms with Gasteiger partial charge in [0.05, 0.1) is 25.0 Å². The number of hydrogen-bond acceptors (Lipinski definition) is 4. The molecule has 1 heterocycles. The minimum Gasteiger partial charge on any atom is -0.493 e. The Balaban J connectivity index is 3.12. The molecule has 14 heavy (non-hydrogen) atoms. The van der Waals surface area contributed by atoms with Crippen molar-refractivity contribution < 1.29 is 4.74 Å². The minimum absolute atomic E-state index is 0.0230. The molecule has 3 N–H and O–H groups in total. The third kappa shape index (κ3) is 1.88. The van der Waals surface area contributed by atoms with Crippen molar-refractivity contribution in [1.82, 2.24) is 15.2 Å². The van der Waals surface area contributed by atoms with Gasteiger partial charge in [-0.3, -0.25) is 16.0 Å². The van der Waals surface area contributed by atoms with Crippen molar-refractivity contribution >= 4 is 0 Å². The highest BCUT2D eigenvalue weighted by atomic mass is 16.5. The summed E-state index contributed by atoms with van der Waals surface area (Å²) in [4.78, 5) is 0. The molecule has 5 nitrogen and oxygen atoms in total. The van der Waals surface area contributed by atoms with Crippen LogP contribution >= 0.6 is 0 Å². The zero-order valence-corrected chi connectivity index (χ0v) is 9.11. The van der Waals surface area contributed by atoms with Gasteiger partial charge in [-0.25, -0.2) is 0 Å². The lowest BCUT2D eigenvalue weighted by Gasteiger charge is -2.16. The largest absolute Gasteiger partial charge is 0.493 e. The molecule has 80 valence electrons. The first-order chi connectivity index (χ1) is 6.61. The maximum Gasteiger partial charge on any atom is 0.161 e. The normalized spacial score (nSPS) is 13.3. The van der Waals surface area contributed by atoms with Crippen LogP contribution in [-0.2, 0) is 0 Å². The summed E-state index contributed by atoms with van der Waals surface area (Å²) in [6.07, 6.45) is 1.71. The van der Waals surface area contributed by atoms with Crippen molar-refractivity contribution in [2.75, 3.05) is 7.11 Å². The quantitative estimate of drug-likeness (QED) is 0.559. The zero-order chi connectivity index (χ0) is 10.7. The fourth-order valence-corrected chi connectivity index (χ4v) is 1.42. The first-order valence-electron chi connectivity index (χ1n) is 4.69. The molecule has 0 spiro atoms. The van der Waals surface area contributed by atoms with E-state index < -0.39 is 0 Å². The number of aromatic nitrogens is 2. The first kappa shape index (κ1) is 11.0. The Morgan fingerprint density at radius 3 is 2.57 bits per heavy atom. The summed E-state index contributed by atoms with van der Waals surface area (Å²) in [5.41, 5.74) is 3.67. The van der Waals surface area contributed by atoms with E-state index in [2.05, 4.69) is 24.4 Å². The predicted octanol–water partition coefficient (Wildman–Crippen LogP) is 0.997. The van der Waals surface area contributed by atoms with E-state index in [0.29, 0.717) is 6.04 Å². The smallest absolute Gasteiger partial charge is 0.161 e. The number of hydrogen-bond donors (Lipinski definition) is 2. The average molecular weight is 198 g/mol. The lowest BCUT2D eigenvalue weighted by Crippen LogP contribution is -2.28. The Morgan fingerprint density at radius 1 is 1.50 bits per heavy atom. The van der Waals surface area contributed by atoms with Gasteiger partial charge in [0.25, 0.3) is 0 Å². The molecule has 0 radical (unpaired) electrons. The molecule has 0 bridgehead atoms. The van der Waals surface area contributed by atoms with Gasteiger partial charge < -0.3 is 4.74 Å². The van der Waals surface area contributed by atoms with Crippen LogP contribution in [0.2, 0.25) is 0 Å². The van der Waals surface area contributed by atoms with Crippen molar-refractivity contribution in [2.45, 2.75) is 32.9 Å². The Kier molecular flexibility index (Phi) is 3.49. The summed E-state index contributed by atoms with van der Waals surface area (Å²) in [6.45, 7) is 6.11. The van der Waals surface area contributed by atoms with Gasteiger partial charge in [0.15, 0.2) is 5.75 Å². The fourth-order valence-electron chi connectivity index (χ4n) is 1.42. The van der Waals surface area contributed by atoms with Crippen molar-refractivity contribution in [1.29, 1.82) is 0 Å². The van der Waals surface area contributed by atoms with E-state index in [1.54, 1.807) is 13.3 Å². The van der Waals surface area contributed by atoms with Crippen LogP contribution in [0.4, 0.5) is 0 Å². The highest BCUT2D eigenvalue weighted by molar-refractivity contribution is 5.28. The van der Waals surface area contributed by atoms with Crippen LogP contribution in [0.15, 0.2) is 6.20 Å². The molecule has 0 saturated carbocycles. The van der Waals surface area contributed by atoms with E-state index in [-0.39, 0.29) is 6.04 Å². The van der Waals surface area contributed by atoms with Gasteiger partial charge in [-0.2, -0.15) is 5.10 Å². The maximum absolute atomic E-state index is 5.41. The standard InChI is InChI=1S/C9H18N4O/c1-6(2)13-9(7(3)12-10)8(14-4)5-11-13/h5-7,12H,10H2,1-4H3. The van der Waals surface area contributed by atoms with Crippen LogP contribution in [0.1, 0.15) is 38.5 Å². The molecular weight excluding hydrogens is 180 g/mol. The van der Waals surface area contributed by atoms with E-state index in [1.807, 2.05) is 11.6 Å². The molecule has 1 rings (SSSR count). The molecule has 1 atom stereocenters. The number of hydrazine groups is 1. The van der Waals surface area contributed by atoms with Crippen LogP contribution in [0.5, 0.6) is 5.75 Å². The third-order valence-electron chi connectivity index (χ3n) is 2.17. The van der Waals surface area contributed by atoms with Gasteiger partial charge in [0, 0.05) is 6.04 Å². The number of ether oxygens (including phenoxy) is 1. The molecule has 0 fully saturated rings. The number of methoxy groups -OCH3 is 1. The number of nitrogens with two attached hydrogens (primary N) is 1. The van der Waals surface area contributed by atoms with Crippen molar-refractivity contribution in [3.63, 3.8) is 0 Å². The summed E-state index contributed by atoms with van der Waals surface area (Å²) >= 11 is 0. The lowest BCUT2D eigenvalue weighted by atomic mass is 10.2. The third-order valence-corrected chi connectivity index (χ3v) is 2.17. The van der Waals surface area contributed by atoms with Crippen LogP contribution in [0.25, 0.3) is 0 Å². The molecular formula is C9H18N4O. The van der Waals surface area contributed by atoms with E-state index in [4.69, 9.17) is 10.6 Å². The summed E-state index contributed by atoms with van der Waals surface area (Å²) in [6, 6.07) is 0.319. The number of rotatable bonds is 4. The Morgan fingerprint density at radius 2 is 2.14 bits per heavy atom. The Labute approximate surface area is 84.2 Å². The van der Waals surface area contributed by atoms with Gasteiger partial charge >= 0.3 is 0 Å². The van der Waals surface area contributed by atoms with Crippen LogP contribution < -0.4 is 16.0 Å². The second-order valence-corrected chi connectivity index (χ2v) is 3.52. The van der Waals surface area contributed by atoms with Gasteiger partial charge in [-0.05, 0) is 20.8 Å². The second-order valence-electron chi connectivity index (χ2n) is 3.52. The molecule has 0 aliphatic rings. The van der Waals surface area contributed by atoms with Gasteiger partial charge in [-0.15, -0.1) is 0 Å². The monoisotopic (exact) mass is 198 g/mol. The Bertz CT molecular complexity index is 295. The van der Waals surface area contributed by atoms with Crippen LogP contribution in [0.3, 0.4) is 0 Å². The van der Waals surface area contributed by atoms with Crippen molar-refractivity contribution in [2.24, 2.45) is 5.84 Å². The fraction of sp³-hybridized carbons (Fsp3) is 0.667. The van der Waals surface area contributed by atoms with Crippen molar-refractivity contribution in [3.05, 3.63) is 11.9 Å². The molecule has 1 aromatic heterocycles. The molecule has 1 aromatic rings. The van der Waals surface area contributed by atoms with Gasteiger partial charge in [0.1, 0.15) is 0 Å². The molecule has 0 amide bonds.